The van der Waals surface area contributed by atoms with Gasteiger partial charge < -0.3 is 5.32 Å². The van der Waals surface area contributed by atoms with Crippen LogP contribution >= 0.6 is 11.3 Å². The monoisotopic (exact) mass is 211 g/mol. The average molecular weight is 211 g/mol. The first-order chi connectivity index (χ1) is 6.72. The Bertz CT molecular complexity index is 361. The van der Waals surface area contributed by atoms with E-state index in [1.54, 1.807) is 16.2 Å². The predicted molar refractivity (Wildman–Crippen MR) is 57.0 cm³/mol. The van der Waals surface area contributed by atoms with E-state index in [-0.39, 0.29) is 6.03 Å². The van der Waals surface area contributed by atoms with Crippen LogP contribution in [-0.2, 0) is 6.42 Å². The Morgan fingerprint density at radius 2 is 2.43 bits per heavy atom. The van der Waals surface area contributed by atoms with Gasteiger partial charge in [-0.05, 0) is 13.3 Å². The van der Waals surface area contributed by atoms with Crippen molar-refractivity contribution in [3.8, 4) is 0 Å². The Morgan fingerprint density at radius 1 is 1.64 bits per heavy atom. The van der Waals surface area contributed by atoms with Crippen LogP contribution in [0.3, 0.4) is 0 Å². The molecule has 0 unspecified atom stereocenters. The highest BCUT2D eigenvalue weighted by Crippen LogP contribution is 2.26. The van der Waals surface area contributed by atoms with Gasteiger partial charge >= 0.3 is 6.03 Å². The quantitative estimate of drug-likeness (QED) is 0.806. The van der Waals surface area contributed by atoms with Crippen molar-refractivity contribution >= 4 is 22.5 Å². The molecule has 0 aliphatic carbocycles. The van der Waals surface area contributed by atoms with E-state index in [0.717, 1.165) is 30.3 Å². The van der Waals surface area contributed by atoms with Crippen molar-refractivity contribution < 1.29 is 4.79 Å². The highest BCUT2D eigenvalue weighted by Gasteiger charge is 2.24. The molecule has 1 N–H and O–H groups in total. The van der Waals surface area contributed by atoms with E-state index in [0.29, 0.717) is 0 Å². The van der Waals surface area contributed by atoms with Crippen LogP contribution in [0.5, 0.6) is 0 Å². The third kappa shape index (κ3) is 1.48. The maximum absolute atomic E-state index is 11.4. The lowest BCUT2D eigenvalue weighted by molar-refractivity contribution is 0.252. The number of aryl methyl sites for hydroxylation is 2. The molecule has 1 saturated heterocycles. The highest BCUT2D eigenvalue weighted by atomic mass is 32.1. The second-order valence-electron chi connectivity index (χ2n) is 3.24. The highest BCUT2D eigenvalue weighted by molar-refractivity contribution is 7.15. The number of thiazole rings is 1. The van der Waals surface area contributed by atoms with Gasteiger partial charge in [-0.3, -0.25) is 4.90 Å². The number of rotatable bonds is 2. The first-order valence-electron chi connectivity index (χ1n) is 4.74. The zero-order valence-corrected chi connectivity index (χ0v) is 9.15. The Morgan fingerprint density at radius 3 is 2.93 bits per heavy atom. The molecule has 0 bridgehead atoms. The topological polar surface area (TPSA) is 45.2 Å². The number of nitrogens with zero attached hydrogens (tertiary/aromatic N) is 2. The molecule has 0 spiro atoms. The lowest BCUT2D eigenvalue weighted by Gasteiger charge is -2.08. The number of hydrogen-bond donors (Lipinski definition) is 1. The summed E-state index contributed by atoms with van der Waals surface area (Å²) in [5, 5.41) is 3.60. The molecular formula is C9H13N3OS. The van der Waals surface area contributed by atoms with Crippen molar-refractivity contribution in [1.29, 1.82) is 0 Å². The van der Waals surface area contributed by atoms with Crippen molar-refractivity contribution in [2.75, 3.05) is 18.0 Å². The number of urea groups is 1. The summed E-state index contributed by atoms with van der Waals surface area (Å²) in [5.41, 5.74) is 1.10. The van der Waals surface area contributed by atoms with E-state index < -0.39 is 0 Å². The second-order valence-corrected chi connectivity index (χ2v) is 4.42. The van der Waals surface area contributed by atoms with Crippen molar-refractivity contribution in [3.63, 3.8) is 0 Å². The first kappa shape index (κ1) is 9.45. The van der Waals surface area contributed by atoms with Gasteiger partial charge in [0.1, 0.15) is 0 Å². The van der Waals surface area contributed by atoms with Gasteiger partial charge in [-0.2, -0.15) is 0 Å². The molecule has 0 aromatic carbocycles. The summed E-state index contributed by atoms with van der Waals surface area (Å²) in [5.74, 6) is 0. The van der Waals surface area contributed by atoms with Crippen LogP contribution < -0.4 is 10.2 Å². The van der Waals surface area contributed by atoms with Gasteiger partial charge in [-0.1, -0.05) is 6.92 Å². The fraction of sp³-hybridized carbons (Fsp3) is 0.556. The molecule has 2 rings (SSSR count). The zero-order valence-electron chi connectivity index (χ0n) is 8.33. The fourth-order valence-corrected chi connectivity index (χ4v) is 2.53. The van der Waals surface area contributed by atoms with Crippen LogP contribution in [0, 0.1) is 6.92 Å². The Labute approximate surface area is 86.9 Å². The normalized spacial score (nSPS) is 16.1. The Kier molecular flexibility index (Phi) is 2.41. The predicted octanol–water partition coefficient (Wildman–Crippen LogP) is 1.54. The fourth-order valence-electron chi connectivity index (χ4n) is 1.51. The van der Waals surface area contributed by atoms with E-state index >= 15 is 0 Å². The van der Waals surface area contributed by atoms with E-state index in [4.69, 9.17) is 0 Å². The lowest BCUT2D eigenvalue weighted by Crippen LogP contribution is -2.27. The number of nitrogens with one attached hydrogen (secondary N) is 1. The molecule has 0 radical (unpaired) electrons. The largest absolute Gasteiger partial charge is 0.336 e. The summed E-state index contributed by atoms with van der Waals surface area (Å²) < 4.78 is 0. The van der Waals surface area contributed by atoms with Crippen LogP contribution in [0.1, 0.15) is 17.5 Å². The number of hydrogen-bond acceptors (Lipinski definition) is 3. The van der Waals surface area contributed by atoms with Crippen molar-refractivity contribution in [1.82, 2.24) is 10.3 Å². The summed E-state index contributed by atoms with van der Waals surface area (Å²) >= 11 is 1.59. The summed E-state index contributed by atoms with van der Waals surface area (Å²) in [7, 11) is 0. The number of carbonyl (C=O) groups excluding carboxylic acids is 1. The molecule has 1 aromatic rings. The summed E-state index contributed by atoms with van der Waals surface area (Å²) in [6, 6.07) is -0.0265. The lowest BCUT2D eigenvalue weighted by atomic mass is 10.3. The molecule has 1 fully saturated rings. The van der Waals surface area contributed by atoms with Crippen LogP contribution in [0.15, 0.2) is 0 Å². The molecule has 0 atom stereocenters. The Hall–Kier alpha value is -1.10. The number of aromatic nitrogens is 1. The van der Waals surface area contributed by atoms with Crippen molar-refractivity contribution in [2.45, 2.75) is 20.3 Å². The zero-order chi connectivity index (χ0) is 10.1. The average Bonchev–Trinajstić information content (AvgIpc) is 2.71. The molecule has 1 aromatic heterocycles. The molecule has 4 nitrogen and oxygen atoms in total. The van der Waals surface area contributed by atoms with Gasteiger partial charge in [0.15, 0.2) is 5.13 Å². The van der Waals surface area contributed by atoms with Crippen LogP contribution in [0.2, 0.25) is 0 Å². The molecule has 1 aliphatic rings. The first-order valence-corrected chi connectivity index (χ1v) is 5.55. The van der Waals surface area contributed by atoms with Gasteiger partial charge in [-0.25, -0.2) is 9.78 Å². The summed E-state index contributed by atoms with van der Waals surface area (Å²) in [4.78, 5) is 18.7. The Balaban J connectivity index is 2.27. The number of amides is 2. The maximum Gasteiger partial charge on any atom is 0.323 e. The summed E-state index contributed by atoms with van der Waals surface area (Å²) in [6.45, 7) is 5.58. The molecule has 1 aliphatic heterocycles. The van der Waals surface area contributed by atoms with Gasteiger partial charge in [-0.15, -0.1) is 11.3 Å². The van der Waals surface area contributed by atoms with Gasteiger partial charge in [0.2, 0.25) is 0 Å². The van der Waals surface area contributed by atoms with E-state index in [2.05, 4.69) is 17.2 Å². The molecule has 14 heavy (non-hydrogen) atoms. The van der Waals surface area contributed by atoms with E-state index in [1.165, 1.54) is 4.88 Å². The SMILES string of the molecule is CCc1nc(N2CCNC2=O)sc1C. The maximum atomic E-state index is 11.4. The number of carbonyl (C=O) groups is 1. The van der Waals surface area contributed by atoms with Crippen LogP contribution in [-0.4, -0.2) is 24.1 Å². The number of anilines is 1. The molecular weight excluding hydrogens is 198 g/mol. The van der Waals surface area contributed by atoms with Crippen molar-refractivity contribution in [3.05, 3.63) is 10.6 Å². The van der Waals surface area contributed by atoms with E-state index in [9.17, 15) is 4.79 Å². The third-order valence-corrected chi connectivity index (χ3v) is 3.34. The van der Waals surface area contributed by atoms with E-state index in [1.807, 2.05) is 6.92 Å². The van der Waals surface area contributed by atoms with Crippen molar-refractivity contribution in [2.24, 2.45) is 0 Å². The molecule has 2 heterocycles. The van der Waals surface area contributed by atoms with Gasteiger partial charge in [0.05, 0.1) is 5.69 Å². The second kappa shape index (κ2) is 3.57. The minimum atomic E-state index is -0.0265. The van der Waals surface area contributed by atoms with Crippen LogP contribution in [0.4, 0.5) is 9.93 Å². The smallest absolute Gasteiger partial charge is 0.323 e. The molecule has 2 amide bonds. The third-order valence-electron chi connectivity index (χ3n) is 2.30. The van der Waals surface area contributed by atoms with Gasteiger partial charge in [0, 0.05) is 18.0 Å². The van der Waals surface area contributed by atoms with Gasteiger partial charge in [0.25, 0.3) is 0 Å². The molecule has 5 heteroatoms. The minimum absolute atomic E-state index is 0.0265. The van der Waals surface area contributed by atoms with Crippen LogP contribution in [0.25, 0.3) is 0 Å². The standard InChI is InChI=1S/C9H13N3OS/c1-3-7-6(2)14-9(11-7)12-5-4-10-8(12)13/h3-5H2,1-2H3,(H,10,13). The molecule has 76 valence electrons. The molecule has 0 saturated carbocycles. The summed E-state index contributed by atoms with van der Waals surface area (Å²) in [6.07, 6.45) is 0.928. The minimum Gasteiger partial charge on any atom is -0.336 e.